The predicted molar refractivity (Wildman–Crippen MR) is 117 cm³/mol. The number of fused-ring (bicyclic) bond motifs is 1. The highest BCUT2D eigenvalue weighted by Gasteiger charge is 2.21. The summed E-state index contributed by atoms with van der Waals surface area (Å²) in [5, 5.41) is 3.46. The average Bonchev–Trinajstić information content (AvgIpc) is 2.76. The van der Waals surface area contributed by atoms with Crippen LogP contribution < -0.4 is 10.1 Å². The minimum absolute atomic E-state index is 0.334. The second-order valence-electron chi connectivity index (χ2n) is 7.67. The summed E-state index contributed by atoms with van der Waals surface area (Å²) >= 11 is 0. The average molecular weight is 406 g/mol. The Labute approximate surface area is 176 Å². The lowest BCUT2D eigenvalue weighted by atomic mass is 10.0. The van der Waals surface area contributed by atoms with E-state index in [0.29, 0.717) is 27.9 Å². The Balaban J connectivity index is 1.94. The van der Waals surface area contributed by atoms with Crippen molar-refractivity contribution in [2.75, 3.05) is 13.7 Å². The van der Waals surface area contributed by atoms with Gasteiger partial charge in [0.1, 0.15) is 5.75 Å². The van der Waals surface area contributed by atoms with Gasteiger partial charge in [0, 0.05) is 16.5 Å². The van der Waals surface area contributed by atoms with Crippen LogP contribution >= 0.6 is 0 Å². The molecule has 0 spiro atoms. The van der Waals surface area contributed by atoms with Gasteiger partial charge in [0.15, 0.2) is 6.61 Å². The number of amides is 1. The zero-order valence-corrected chi connectivity index (χ0v) is 17.7. The first-order chi connectivity index (χ1) is 14.3. The Morgan fingerprint density at radius 1 is 1.07 bits per heavy atom. The van der Waals surface area contributed by atoms with Crippen LogP contribution in [0.1, 0.15) is 37.6 Å². The van der Waals surface area contributed by atoms with Crippen molar-refractivity contribution in [1.82, 2.24) is 10.3 Å². The van der Waals surface area contributed by atoms with Gasteiger partial charge in [-0.1, -0.05) is 37.3 Å². The summed E-state index contributed by atoms with van der Waals surface area (Å²) in [5.41, 5.74) is 2.14. The summed E-state index contributed by atoms with van der Waals surface area (Å²) < 4.78 is 10.6. The van der Waals surface area contributed by atoms with Crippen LogP contribution in [0, 0.1) is 0 Å². The first kappa shape index (κ1) is 21.3. The van der Waals surface area contributed by atoms with Gasteiger partial charge >= 0.3 is 5.97 Å². The molecule has 0 aliphatic rings. The molecule has 0 radical (unpaired) electrons. The van der Waals surface area contributed by atoms with Crippen molar-refractivity contribution >= 4 is 22.8 Å². The second-order valence-corrected chi connectivity index (χ2v) is 7.67. The molecule has 6 nitrogen and oxygen atoms in total. The SMILES string of the molecule is CCC(C)(C)NC(=O)COC(=O)c1cc(-c2ccccc2)nc2ccc(OC)cc12. The molecule has 0 saturated heterocycles. The number of carbonyl (C=O) groups excluding carboxylic acids is 2. The smallest absolute Gasteiger partial charge is 0.339 e. The molecule has 0 aliphatic carbocycles. The first-order valence-electron chi connectivity index (χ1n) is 9.85. The quantitative estimate of drug-likeness (QED) is 0.590. The van der Waals surface area contributed by atoms with Crippen molar-refractivity contribution in [2.24, 2.45) is 0 Å². The van der Waals surface area contributed by atoms with Crippen LogP contribution in [0.2, 0.25) is 0 Å². The number of rotatable bonds is 7. The van der Waals surface area contributed by atoms with Crippen LogP contribution in [0.15, 0.2) is 54.6 Å². The number of nitrogens with one attached hydrogen (secondary N) is 1. The Kier molecular flexibility index (Phi) is 6.35. The van der Waals surface area contributed by atoms with Crippen LogP contribution in [0.25, 0.3) is 22.2 Å². The van der Waals surface area contributed by atoms with E-state index in [2.05, 4.69) is 10.3 Å². The molecule has 1 N–H and O–H groups in total. The number of pyridine rings is 1. The normalized spacial score (nSPS) is 11.2. The minimum Gasteiger partial charge on any atom is -0.497 e. The van der Waals surface area contributed by atoms with Gasteiger partial charge in [0.2, 0.25) is 0 Å². The molecule has 2 aromatic carbocycles. The molecule has 30 heavy (non-hydrogen) atoms. The third kappa shape index (κ3) is 4.95. The van der Waals surface area contributed by atoms with E-state index in [1.807, 2.05) is 51.1 Å². The lowest BCUT2D eigenvalue weighted by Crippen LogP contribution is -2.44. The van der Waals surface area contributed by atoms with E-state index in [9.17, 15) is 9.59 Å². The van der Waals surface area contributed by atoms with Crippen LogP contribution in [-0.2, 0) is 9.53 Å². The Hall–Kier alpha value is -3.41. The fourth-order valence-corrected chi connectivity index (χ4v) is 2.97. The maximum Gasteiger partial charge on any atom is 0.339 e. The molecule has 156 valence electrons. The molecule has 3 rings (SSSR count). The van der Waals surface area contributed by atoms with Crippen molar-refractivity contribution in [3.05, 3.63) is 60.2 Å². The van der Waals surface area contributed by atoms with E-state index >= 15 is 0 Å². The van der Waals surface area contributed by atoms with Crippen molar-refractivity contribution < 1.29 is 19.1 Å². The molecule has 0 unspecified atom stereocenters. The molecule has 3 aromatic rings. The monoisotopic (exact) mass is 406 g/mol. The molecule has 1 aromatic heterocycles. The number of ether oxygens (including phenoxy) is 2. The molecular formula is C24H26N2O4. The number of carbonyl (C=O) groups is 2. The summed E-state index contributed by atoms with van der Waals surface area (Å²) in [6.07, 6.45) is 0.766. The van der Waals surface area contributed by atoms with Crippen LogP contribution in [0.5, 0.6) is 5.75 Å². The topological polar surface area (TPSA) is 77.5 Å². The maximum absolute atomic E-state index is 12.9. The molecule has 1 heterocycles. The summed E-state index contributed by atoms with van der Waals surface area (Å²) in [6.45, 7) is 5.47. The standard InChI is InChI=1S/C24H26N2O4/c1-5-24(2,3)26-22(27)15-30-23(28)19-14-21(16-9-7-6-8-10-16)25-20-12-11-17(29-4)13-18(19)20/h6-14H,5,15H2,1-4H3,(H,26,27). The third-order valence-electron chi connectivity index (χ3n) is 5.00. The molecule has 0 aliphatic heterocycles. The number of benzene rings is 2. The Morgan fingerprint density at radius 3 is 2.47 bits per heavy atom. The van der Waals surface area contributed by atoms with Gasteiger partial charge in [-0.05, 0) is 44.5 Å². The van der Waals surface area contributed by atoms with Gasteiger partial charge in [0.25, 0.3) is 5.91 Å². The first-order valence-corrected chi connectivity index (χ1v) is 9.85. The Bertz CT molecular complexity index is 1060. The van der Waals surface area contributed by atoms with Gasteiger partial charge < -0.3 is 14.8 Å². The van der Waals surface area contributed by atoms with Crippen molar-refractivity contribution in [1.29, 1.82) is 0 Å². The number of hydrogen-bond donors (Lipinski definition) is 1. The summed E-state index contributed by atoms with van der Waals surface area (Å²) in [4.78, 5) is 29.8. The van der Waals surface area contributed by atoms with Gasteiger partial charge in [-0.15, -0.1) is 0 Å². The highest BCUT2D eigenvalue weighted by atomic mass is 16.5. The predicted octanol–water partition coefficient (Wildman–Crippen LogP) is 4.37. The number of hydrogen-bond acceptors (Lipinski definition) is 5. The number of nitrogens with zero attached hydrogens (tertiary/aromatic N) is 1. The summed E-state index contributed by atoms with van der Waals surface area (Å²) in [5.74, 6) is -0.319. The fourth-order valence-electron chi connectivity index (χ4n) is 2.97. The van der Waals surface area contributed by atoms with Gasteiger partial charge in [-0.3, -0.25) is 4.79 Å². The number of aromatic nitrogens is 1. The lowest BCUT2D eigenvalue weighted by Gasteiger charge is -2.24. The van der Waals surface area contributed by atoms with E-state index in [0.717, 1.165) is 12.0 Å². The van der Waals surface area contributed by atoms with E-state index < -0.39 is 5.97 Å². The minimum atomic E-state index is -0.586. The molecule has 1 amide bonds. The van der Waals surface area contributed by atoms with E-state index in [1.54, 1.807) is 31.4 Å². The molecule has 6 heteroatoms. The zero-order valence-electron chi connectivity index (χ0n) is 17.7. The summed E-state index contributed by atoms with van der Waals surface area (Å²) in [6, 6.07) is 16.6. The van der Waals surface area contributed by atoms with Crippen molar-refractivity contribution in [3.8, 4) is 17.0 Å². The Morgan fingerprint density at radius 2 is 1.80 bits per heavy atom. The fraction of sp³-hybridized carbons (Fsp3) is 0.292. The lowest BCUT2D eigenvalue weighted by molar-refractivity contribution is -0.125. The molecule has 0 saturated carbocycles. The highest BCUT2D eigenvalue weighted by molar-refractivity contribution is 6.05. The van der Waals surface area contributed by atoms with E-state index in [-0.39, 0.29) is 18.1 Å². The van der Waals surface area contributed by atoms with Crippen LogP contribution in [0.3, 0.4) is 0 Å². The van der Waals surface area contributed by atoms with Crippen LogP contribution in [0.4, 0.5) is 0 Å². The highest BCUT2D eigenvalue weighted by Crippen LogP contribution is 2.28. The molecule has 0 bridgehead atoms. The largest absolute Gasteiger partial charge is 0.497 e. The number of esters is 1. The van der Waals surface area contributed by atoms with Gasteiger partial charge in [-0.25, -0.2) is 9.78 Å². The van der Waals surface area contributed by atoms with Crippen molar-refractivity contribution in [3.63, 3.8) is 0 Å². The van der Waals surface area contributed by atoms with Gasteiger partial charge in [0.05, 0.1) is 23.9 Å². The van der Waals surface area contributed by atoms with Crippen molar-refractivity contribution in [2.45, 2.75) is 32.7 Å². The molecular weight excluding hydrogens is 380 g/mol. The second kappa shape index (κ2) is 8.95. The zero-order chi connectivity index (χ0) is 21.7. The van der Waals surface area contributed by atoms with E-state index in [4.69, 9.17) is 9.47 Å². The maximum atomic E-state index is 12.9. The summed E-state index contributed by atoms with van der Waals surface area (Å²) in [7, 11) is 1.56. The number of methoxy groups -OCH3 is 1. The van der Waals surface area contributed by atoms with Gasteiger partial charge in [-0.2, -0.15) is 0 Å². The van der Waals surface area contributed by atoms with Crippen LogP contribution in [-0.4, -0.2) is 36.1 Å². The third-order valence-corrected chi connectivity index (χ3v) is 5.00. The van der Waals surface area contributed by atoms with E-state index in [1.165, 1.54) is 0 Å². The molecule has 0 atom stereocenters. The molecule has 0 fully saturated rings.